The number of alkyl halides is 1. The molecule has 2 aromatic heterocycles. The van der Waals surface area contributed by atoms with E-state index in [9.17, 15) is 9.18 Å². The Bertz CT molecular complexity index is 968. The molecule has 1 aromatic carbocycles. The van der Waals surface area contributed by atoms with E-state index in [1.165, 1.54) is 0 Å². The number of pyridine rings is 1. The molecule has 3 heterocycles. The maximum Gasteiger partial charge on any atom is 0.143 e. The van der Waals surface area contributed by atoms with E-state index in [-0.39, 0.29) is 18.4 Å². The number of carbonyl (C=O) groups excluding carboxylic acids is 1. The summed E-state index contributed by atoms with van der Waals surface area (Å²) in [6.45, 7) is 1.54. The molecule has 0 amide bonds. The van der Waals surface area contributed by atoms with Crippen molar-refractivity contribution in [1.29, 1.82) is 0 Å². The molecule has 0 saturated carbocycles. The summed E-state index contributed by atoms with van der Waals surface area (Å²) < 4.78 is 14.3. The zero-order valence-electron chi connectivity index (χ0n) is 15.4. The number of rotatable bonds is 6. The number of fused-ring (bicyclic) bond motifs is 1. The van der Waals surface area contributed by atoms with E-state index in [4.69, 9.17) is 0 Å². The van der Waals surface area contributed by atoms with Gasteiger partial charge < -0.3 is 4.90 Å². The zero-order chi connectivity index (χ0) is 18.8. The number of benzene rings is 1. The first-order valence-electron chi connectivity index (χ1n) is 9.31. The van der Waals surface area contributed by atoms with Gasteiger partial charge in [-0.25, -0.2) is 4.39 Å². The number of aryl methyl sites for hydroxylation is 1. The second kappa shape index (κ2) is 7.56. The Hall–Kier alpha value is -2.60. The van der Waals surface area contributed by atoms with Crippen molar-refractivity contribution < 1.29 is 9.18 Å². The lowest BCUT2D eigenvalue weighted by Gasteiger charge is -2.13. The molecule has 0 N–H and O–H groups in total. The summed E-state index contributed by atoms with van der Waals surface area (Å²) in [4.78, 5) is 19.1. The fourth-order valence-corrected chi connectivity index (χ4v) is 3.77. The van der Waals surface area contributed by atoms with E-state index in [2.05, 4.69) is 22.2 Å². The van der Waals surface area contributed by atoms with Crippen LogP contribution in [0, 0.1) is 5.92 Å². The van der Waals surface area contributed by atoms with Crippen LogP contribution in [0.4, 0.5) is 4.39 Å². The Morgan fingerprint density at radius 1 is 1.22 bits per heavy atom. The quantitative estimate of drug-likeness (QED) is 0.673. The Balaban J connectivity index is 1.51. The minimum absolute atomic E-state index is 0.00391. The minimum atomic E-state index is -0.355. The van der Waals surface area contributed by atoms with Crippen LogP contribution in [0.1, 0.15) is 12.1 Å². The van der Waals surface area contributed by atoms with Gasteiger partial charge in [-0.2, -0.15) is 5.10 Å². The van der Waals surface area contributed by atoms with Gasteiger partial charge in [0.05, 0.1) is 6.20 Å². The molecule has 1 atom stereocenters. The number of hydrogen-bond acceptors (Lipinski definition) is 4. The number of carbonyl (C=O) groups is 1. The van der Waals surface area contributed by atoms with Crippen molar-refractivity contribution in [3.8, 4) is 11.1 Å². The van der Waals surface area contributed by atoms with Crippen LogP contribution in [0.15, 0.2) is 42.9 Å². The van der Waals surface area contributed by atoms with Crippen LogP contribution in [0.25, 0.3) is 21.9 Å². The van der Waals surface area contributed by atoms with Gasteiger partial charge in [-0.3, -0.25) is 14.5 Å². The van der Waals surface area contributed by atoms with Gasteiger partial charge in [0.2, 0.25) is 0 Å². The number of likely N-dealkylation sites (tertiary alicyclic amines) is 1. The van der Waals surface area contributed by atoms with Crippen molar-refractivity contribution in [3.63, 3.8) is 0 Å². The molecule has 140 valence electrons. The summed E-state index contributed by atoms with van der Waals surface area (Å²) in [5.41, 5.74) is 2.95. The zero-order valence-corrected chi connectivity index (χ0v) is 15.4. The van der Waals surface area contributed by atoms with E-state index < -0.39 is 0 Å². The van der Waals surface area contributed by atoms with Crippen LogP contribution in [-0.2, 0) is 18.3 Å². The summed E-state index contributed by atoms with van der Waals surface area (Å²) >= 11 is 0. The first-order chi connectivity index (χ1) is 13.1. The van der Waals surface area contributed by atoms with E-state index in [1.807, 2.05) is 42.7 Å². The lowest BCUT2D eigenvalue weighted by Crippen LogP contribution is -2.26. The predicted molar refractivity (Wildman–Crippen MR) is 103 cm³/mol. The second-order valence-corrected chi connectivity index (χ2v) is 7.26. The van der Waals surface area contributed by atoms with Crippen LogP contribution in [0.3, 0.4) is 0 Å². The monoisotopic (exact) mass is 366 g/mol. The molecule has 1 fully saturated rings. The topological polar surface area (TPSA) is 51.0 Å². The summed E-state index contributed by atoms with van der Waals surface area (Å²) in [5.74, 6) is 0.197. The van der Waals surface area contributed by atoms with Crippen LogP contribution in [0.5, 0.6) is 0 Å². The molecule has 0 aliphatic carbocycles. The lowest BCUT2D eigenvalue weighted by molar-refractivity contribution is -0.121. The van der Waals surface area contributed by atoms with Crippen molar-refractivity contribution in [2.75, 3.05) is 26.3 Å². The summed E-state index contributed by atoms with van der Waals surface area (Å²) in [6, 6.07) is 8.22. The third-order valence-corrected chi connectivity index (χ3v) is 5.30. The summed E-state index contributed by atoms with van der Waals surface area (Å²) in [6.07, 6.45) is 6.81. The van der Waals surface area contributed by atoms with Gasteiger partial charge >= 0.3 is 0 Å². The van der Waals surface area contributed by atoms with Gasteiger partial charge in [-0.1, -0.05) is 12.1 Å². The summed E-state index contributed by atoms with van der Waals surface area (Å²) in [7, 11) is 1.90. The minimum Gasteiger partial charge on any atom is -0.300 e. The number of Topliss-reactive ketones (excluding diaryl/α,β-unsaturated/α-hetero) is 1. The molecule has 1 saturated heterocycles. The van der Waals surface area contributed by atoms with Crippen molar-refractivity contribution in [3.05, 3.63) is 48.5 Å². The van der Waals surface area contributed by atoms with Crippen LogP contribution >= 0.6 is 0 Å². The van der Waals surface area contributed by atoms with Crippen LogP contribution in [0.2, 0.25) is 0 Å². The molecule has 6 heteroatoms. The van der Waals surface area contributed by atoms with Gasteiger partial charge in [0.25, 0.3) is 0 Å². The smallest absolute Gasteiger partial charge is 0.143 e. The predicted octanol–water partition coefficient (Wildman–Crippen LogP) is 3.04. The number of aromatic nitrogens is 3. The fraction of sp³-hybridized carbons (Fsp3) is 0.381. The third-order valence-electron chi connectivity index (χ3n) is 5.30. The Kier molecular flexibility index (Phi) is 4.99. The van der Waals surface area contributed by atoms with Crippen molar-refractivity contribution in [2.24, 2.45) is 13.0 Å². The largest absolute Gasteiger partial charge is 0.300 e. The maximum atomic E-state index is 12.6. The molecular weight excluding hydrogens is 343 g/mol. The highest BCUT2D eigenvalue weighted by atomic mass is 19.1. The number of halogens is 1. The normalized spacial score (nSPS) is 17.6. The molecule has 4 rings (SSSR count). The third kappa shape index (κ3) is 3.90. The first kappa shape index (κ1) is 17.8. The highest BCUT2D eigenvalue weighted by molar-refractivity contribution is 5.88. The van der Waals surface area contributed by atoms with E-state index in [0.29, 0.717) is 19.5 Å². The highest BCUT2D eigenvalue weighted by Crippen LogP contribution is 2.25. The van der Waals surface area contributed by atoms with E-state index in [0.717, 1.165) is 40.6 Å². The molecule has 1 aliphatic rings. The molecule has 1 unspecified atom stereocenters. The van der Waals surface area contributed by atoms with Gasteiger partial charge in [0.1, 0.15) is 12.5 Å². The lowest BCUT2D eigenvalue weighted by atomic mass is 9.98. The number of nitrogens with zero attached hydrogens (tertiary/aromatic N) is 4. The Morgan fingerprint density at radius 2 is 2.11 bits per heavy atom. The summed E-state index contributed by atoms with van der Waals surface area (Å²) in [5, 5.41) is 6.34. The molecule has 0 radical (unpaired) electrons. The van der Waals surface area contributed by atoms with E-state index in [1.54, 1.807) is 4.68 Å². The number of ketones is 1. The van der Waals surface area contributed by atoms with Crippen molar-refractivity contribution in [2.45, 2.75) is 12.8 Å². The second-order valence-electron chi connectivity index (χ2n) is 7.26. The average Bonchev–Trinajstić information content (AvgIpc) is 3.31. The van der Waals surface area contributed by atoms with Crippen LogP contribution in [-0.4, -0.2) is 51.8 Å². The van der Waals surface area contributed by atoms with Crippen molar-refractivity contribution in [1.82, 2.24) is 19.7 Å². The molecule has 27 heavy (non-hydrogen) atoms. The molecule has 5 nitrogen and oxygen atoms in total. The Morgan fingerprint density at radius 3 is 2.89 bits per heavy atom. The van der Waals surface area contributed by atoms with Gasteiger partial charge in [-0.15, -0.1) is 0 Å². The van der Waals surface area contributed by atoms with Crippen LogP contribution < -0.4 is 0 Å². The molecule has 0 spiro atoms. The van der Waals surface area contributed by atoms with E-state index >= 15 is 0 Å². The maximum absolute atomic E-state index is 12.6. The molecule has 3 aromatic rings. The SMILES string of the molecule is Cn1cc(-c2ccc3cnc(CC(=O)C4CCN(CCF)C4)cc3c2)cn1. The fourth-order valence-electron chi connectivity index (χ4n) is 3.77. The average molecular weight is 366 g/mol. The Labute approximate surface area is 157 Å². The first-order valence-corrected chi connectivity index (χ1v) is 9.31. The standard InChI is InChI=1S/C21H23FN4O/c1-25-13-19(12-24-25)15-2-3-16-11-23-20(9-18(16)8-15)10-21(27)17-4-6-26(14-17)7-5-22/h2-3,8-9,11-13,17H,4-7,10,14H2,1H3. The molecule has 1 aliphatic heterocycles. The van der Waals surface area contributed by atoms with Crippen molar-refractivity contribution >= 4 is 16.6 Å². The molecule has 0 bridgehead atoms. The van der Waals surface area contributed by atoms with Gasteiger partial charge in [-0.05, 0) is 36.0 Å². The van der Waals surface area contributed by atoms with Gasteiger partial charge in [0.15, 0.2) is 0 Å². The highest BCUT2D eigenvalue weighted by Gasteiger charge is 2.27. The molecular formula is C21H23FN4O. The number of hydrogen-bond donors (Lipinski definition) is 0. The van der Waals surface area contributed by atoms with Gasteiger partial charge in [0, 0.05) is 61.5 Å².